The van der Waals surface area contributed by atoms with E-state index in [1.807, 2.05) is 0 Å². The molecule has 1 aromatic rings. The monoisotopic (exact) mass is 194 g/mol. The third kappa shape index (κ3) is 2.00. The number of aryl methyl sites for hydroxylation is 1. The second-order valence-electron chi connectivity index (χ2n) is 2.52. The van der Waals surface area contributed by atoms with Gasteiger partial charge >= 0.3 is 6.18 Å². The van der Waals surface area contributed by atoms with Crippen molar-refractivity contribution in [1.29, 1.82) is 0 Å². The standard InChI is InChI=1S/C7H9F3N2O/c1-2-12-4-3-11-6(12)5(13)7(8,9)10/h3-5,13H,2H2,1H3/t5-/m1/s1. The fourth-order valence-corrected chi connectivity index (χ4v) is 0.982. The zero-order valence-electron chi connectivity index (χ0n) is 6.91. The van der Waals surface area contributed by atoms with E-state index < -0.39 is 12.3 Å². The number of hydrogen-bond acceptors (Lipinski definition) is 2. The van der Waals surface area contributed by atoms with E-state index in [9.17, 15) is 13.2 Å². The molecule has 0 aliphatic carbocycles. The first kappa shape index (κ1) is 10.0. The molecule has 6 heteroatoms. The summed E-state index contributed by atoms with van der Waals surface area (Å²) in [5.41, 5.74) is 0. The second-order valence-corrected chi connectivity index (χ2v) is 2.52. The van der Waals surface area contributed by atoms with Crippen molar-refractivity contribution in [2.24, 2.45) is 0 Å². The van der Waals surface area contributed by atoms with Gasteiger partial charge in [-0.05, 0) is 6.92 Å². The molecule has 0 aliphatic rings. The lowest BCUT2D eigenvalue weighted by atomic mass is 10.3. The SMILES string of the molecule is CCn1ccnc1[C@@H](O)C(F)(F)F. The summed E-state index contributed by atoms with van der Waals surface area (Å²) in [6.07, 6.45) is -4.53. The predicted octanol–water partition coefficient (Wildman–Crippen LogP) is 1.50. The zero-order chi connectivity index (χ0) is 10.1. The molecule has 0 amide bonds. The smallest absolute Gasteiger partial charge is 0.377 e. The first-order chi connectivity index (χ1) is 5.96. The summed E-state index contributed by atoms with van der Waals surface area (Å²) < 4.78 is 37.3. The van der Waals surface area contributed by atoms with Crippen LogP contribution in [0.5, 0.6) is 0 Å². The van der Waals surface area contributed by atoms with E-state index >= 15 is 0 Å². The number of aliphatic hydroxyl groups is 1. The van der Waals surface area contributed by atoms with E-state index in [1.165, 1.54) is 17.0 Å². The molecule has 1 aromatic heterocycles. The predicted molar refractivity (Wildman–Crippen MR) is 38.9 cm³/mol. The highest BCUT2D eigenvalue weighted by Gasteiger charge is 2.41. The van der Waals surface area contributed by atoms with Crippen LogP contribution in [0.4, 0.5) is 13.2 Å². The van der Waals surface area contributed by atoms with Gasteiger partial charge in [-0.25, -0.2) is 4.98 Å². The summed E-state index contributed by atoms with van der Waals surface area (Å²) in [6, 6.07) is 0. The van der Waals surface area contributed by atoms with Crippen molar-refractivity contribution in [2.45, 2.75) is 25.7 Å². The van der Waals surface area contributed by atoms with Gasteiger partial charge in [-0.3, -0.25) is 0 Å². The normalized spacial score (nSPS) is 14.5. The average molecular weight is 194 g/mol. The van der Waals surface area contributed by atoms with Crippen LogP contribution in [0.15, 0.2) is 12.4 Å². The van der Waals surface area contributed by atoms with Crippen LogP contribution in [0, 0.1) is 0 Å². The summed E-state index contributed by atoms with van der Waals surface area (Å²) in [5, 5.41) is 8.85. The largest absolute Gasteiger partial charge is 0.421 e. The Labute approximate surface area is 72.8 Å². The van der Waals surface area contributed by atoms with Crippen molar-refractivity contribution in [3.05, 3.63) is 18.2 Å². The molecule has 1 atom stereocenters. The van der Waals surface area contributed by atoms with Crippen molar-refractivity contribution in [3.63, 3.8) is 0 Å². The molecule has 0 saturated carbocycles. The van der Waals surface area contributed by atoms with E-state index in [2.05, 4.69) is 4.98 Å². The molecule has 1 heterocycles. The van der Waals surface area contributed by atoms with Crippen molar-refractivity contribution < 1.29 is 18.3 Å². The Morgan fingerprint density at radius 2 is 2.23 bits per heavy atom. The van der Waals surface area contributed by atoms with Gasteiger partial charge in [0.05, 0.1) is 0 Å². The van der Waals surface area contributed by atoms with E-state index in [0.29, 0.717) is 6.54 Å². The quantitative estimate of drug-likeness (QED) is 0.774. The molecule has 13 heavy (non-hydrogen) atoms. The topological polar surface area (TPSA) is 38.0 Å². The number of halogens is 3. The van der Waals surface area contributed by atoms with Crippen LogP contribution in [-0.2, 0) is 6.54 Å². The van der Waals surface area contributed by atoms with Gasteiger partial charge in [-0.15, -0.1) is 0 Å². The lowest BCUT2D eigenvalue weighted by Gasteiger charge is -2.14. The summed E-state index contributed by atoms with van der Waals surface area (Å²) in [4.78, 5) is 3.45. The highest BCUT2D eigenvalue weighted by Crippen LogP contribution is 2.31. The van der Waals surface area contributed by atoms with Crippen molar-refractivity contribution >= 4 is 0 Å². The Hall–Kier alpha value is -1.04. The van der Waals surface area contributed by atoms with Crippen LogP contribution >= 0.6 is 0 Å². The second kappa shape index (κ2) is 3.37. The Bertz CT molecular complexity index is 282. The molecule has 0 bridgehead atoms. The van der Waals surface area contributed by atoms with E-state index in [-0.39, 0.29) is 5.82 Å². The maximum atomic E-state index is 12.0. The van der Waals surface area contributed by atoms with Gasteiger partial charge < -0.3 is 9.67 Å². The fraction of sp³-hybridized carbons (Fsp3) is 0.571. The molecule has 0 aromatic carbocycles. The number of hydrogen-bond donors (Lipinski definition) is 1. The van der Waals surface area contributed by atoms with Gasteiger partial charge in [0.25, 0.3) is 0 Å². The molecule has 0 fully saturated rings. The molecule has 1 rings (SSSR count). The molecule has 3 nitrogen and oxygen atoms in total. The molecular formula is C7H9F3N2O. The van der Waals surface area contributed by atoms with Crippen molar-refractivity contribution in [2.75, 3.05) is 0 Å². The minimum atomic E-state index is -4.65. The maximum Gasteiger partial charge on any atom is 0.421 e. The van der Waals surface area contributed by atoms with Gasteiger partial charge in [-0.2, -0.15) is 13.2 Å². The van der Waals surface area contributed by atoms with Crippen LogP contribution in [-0.4, -0.2) is 20.8 Å². The molecule has 0 radical (unpaired) electrons. The third-order valence-corrected chi connectivity index (χ3v) is 1.64. The number of imidazole rings is 1. The lowest BCUT2D eigenvalue weighted by molar-refractivity contribution is -0.209. The Balaban J connectivity index is 2.94. The van der Waals surface area contributed by atoms with Crippen LogP contribution in [0.3, 0.4) is 0 Å². The minimum absolute atomic E-state index is 0.350. The number of alkyl halides is 3. The third-order valence-electron chi connectivity index (χ3n) is 1.64. The molecule has 0 spiro atoms. The summed E-state index contributed by atoms with van der Waals surface area (Å²) in [6.45, 7) is 2.02. The Morgan fingerprint density at radius 3 is 2.69 bits per heavy atom. The first-order valence-corrected chi connectivity index (χ1v) is 3.72. The first-order valence-electron chi connectivity index (χ1n) is 3.72. The molecule has 0 saturated heterocycles. The average Bonchev–Trinajstić information content (AvgIpc) is 2.48. The molecule has 0 aliphatic heterocycles. The van der Waals surface area contributed by atoms with Gasteiger partial charge in [0.15, 0.2) is 0 Å². The molecule has 1 N–H and O–H groups in total. The number of aromatic nitrogens is 2. The summed E-state index contributed by atoms with van der Waals surface area (Å²) in [7, 11) is 0. The lowest BCUT2D eigenvalue weighted by Crippen LogP contribution is -2.23. The minimum Gasteiger partial charge on any atom is -0.377 e. The van der Waals surface area contributed by atoms with Crippen LogP contribution in [0.25, 0.3) is 0 Å². The highest BCUT2D eigenvalue weighted by molar-refractivity contribution is 4.98. The van der Waals surface area contributed by atoms with Crippen molar-refractivity contribution in [1.82, 2.24) is 9.55 Å². The van der Waals surface area contributed by atoms with E-state index in [0.717, 1.165) is 0 Å². The fourth-order valence-electron chi connectivity index (χ4n) is 0.982. The zero-order valence-corrected chi connectivity index (χ0v) is 6.91. The van der Waals surface area contributed by atoms with Crippen LogP contribution in [0.1, 0.15) is 18.9 Å². The number of aliphatic hydroxyl groups excluding tert-OH is 1. The number of rotatable bonds is 2. The van der Waals surface area contributed by atoms with Crippen LogP contribution in [0.2, 0.25) is 0 Å². The number of nitrogens with zero attached hydrogens (tertiary/aromatic N) is 2. The molecule has 0 unspecified atom stereocenters. The van der Waals surface area contributed by atoms with E-state index in [1.54, 1.807) is 6.92 Å². The maximum absolute atomic E-state index is 12.0. The van der Waals surface area contributed by atoms with Gasteiger partial charge in [-0.1, -0.05) is 0 Å². The van der Waals surface area contributed by atoms with Gasteiger partial charge in [0.2, 0.25) is 6.10 Å². The Kier molecular flexibility index (Phi) is 2.60. The molecule has 74 valence electrons. The van der Waals surface area contributed by atoms with Gasteiger partial charge in [0.1, 0.15) is 5.82 Å². The van der Waals surface area contributed by atoms with Crippen LogP contribution < -0.4 is 0 Å². The molecular weight excluding hydrogens is 185 g/mol. The van der Waals surface area contributed by atoms with Gasteiger partial charge in [0, 0.05) is 18.9 Å². The summed E-state index contributed by atoms with van der Waals surface area (Å²) >= 11 is 0. The highest BCUT2D eigenvalue weighted by atomic mass is 19.4. The summed E-state index contributed by atoms with van der Waals surface area (Å²) in [5.74, 6) is -0.366. The van der Waals surface area contributed by atoms with E-state index in [4.69, 9.17) is 5.11 Å². The Morgan fingerprint density at radius 1 is 1.62 bits per heavy atom. The van der Waals surface area contributed by atoms with Crippen molar-refractivity contribution in [3.8, 4) is 0 Å².